The van der Waals surface area contributed by atoms with Gasteiger partial charge in [0, 0.05) is 23.8 Å². The SMILES string of the molecule is COC(=O)c1ccccc1-n1cccc1[C@@H]1[C@@H](c2ccccn2)NC(=S)N1CC(=O)Nc1ccccc1. The van der Waals surface area contributed by atoms with Crippen LogP contribution in [0.25, 0.3) is 5.69 Å². The Hall–Kier alpha value is -4.50. The lowest BCUT2D eigenvalue weighted by Gasteiger charge is -2.28. The van der Waals surface area contributed by atoms with Gasteiger partial charge in [0.05, 0.1) is 36.1 Å². The summed E-state index contributed by atoms with van der Waals surface area (Å²) in [6.45, 7) is 0.0263. The Morgan fingerprint density at radius 1 is 1.00 bits per heavy atom. The molecule has 2 aromatic carbocycles. The zero-order chi connectivity index (χ0) is 25.8. The van der Waals surface area contributed by atoms with Crippen LogP contribution in [0.5, 0.6) is 0 Å². The summed E-state index contributed by atoms with van der Waals surface area (Å²) in [5.74, 6) is -0.634. The number of hydrogen-bond donors (Lipinski definition) is 2. The number of amides is 1. The largest absolute Gasteiger partial charge is 0.465 e. The lowest BCUT2D eigenvalue weighted by atomic mass is 10.0. The van der Waals surface area contributed by atoms with Crippen LogP contribution in [-0.2, 0) is 9.53 Å². The normalized spacial score (nSPS) is 16.8. The van der Waals surface area contributed by atoms with E-state index in [0.717, 1.165) is 11.4 Å². The second kappa shape index (κ2) is 10.6. The molecule has 0 radical (unpaired) electrons. The number of carbonyl (C=O) groups excluding carboxylic acids is 2. The molecule has 5 rings (SSSR count). The minimum absolute atomic E-state index is 0.0263. The Labute approximate surface area is 219 Å². The van der Waals surface area contributed by atoms with Gasteiger partial charge in [-0.25, -0.2) is 4.79 Å². The Morgan fingerprint density at radius 3 is 2.51 bits per heavy atom. The smallest absolute Gasteiger partial charge is 0.339 e. The summed E-state index contributed by atoms with van der Waals surface area (Å²) >= 11 is 5.72. The van der Waals surface area contributed by atoms with Crippen molar-refractivity contribution in [3.8, 4) is 5.69 Å². The predicted octanol–water partition coefficient (Wildman–Crippen LogP) is 4.27. The summed E-state index contributed by atoms with van der Waals surface area (Å²) in [5.41, 5.74) is 3.43. The number of pyridine rings is 1. The van der Waals surface area contributed by atoms with Gasteiger partial charge in [-0.3, -0.25) is 9.78 Å². The summed E-state index contributed by atoms with van der Waals surface area (Å²) in [5, 5.41) is 6.74. The predicted molar refractivity (Wildman–Crippen MR) is 144 cm³/mol. The lowest BCUT2D eigenvalue weighted by Crippen LogP contribution is -2.37. The van der Waals surface area contributed by atoms with Crippen LogP contribution in [0.1, 0.15) is 33.8 Å². The molecule has 0 unspecified atom stereocenters. The minimum atomic E-state index is -0.435. The lowest BCUT2D eigenvalue weighted by molar-refractivity contribution is -0.116. The van der Waals surface area contributed by atoms with E-state index < -0.39 is 5.97 Å². The molecule has 1 aliphatic heterocycles. The molecule has 0 aliphatic carbocycles. The van der Waals surface area contributed by atoms with Crippen LogP contribution in [0.4, 0.5) is 5.69 Å². The average molecular weight is 512 g/mol. The third kappa shape index (κ3) is 4.94. The van der Waals surface area contributed by atoms with Crippen LogP contribution in [0.3, 0.4) is 0 Å². The first-order valence-corrected chi connectivity index (χ1v) is 12.2. The van der Waals surface area contributed by atoms with Gasteiger partial charge in [0.1, 0.15) is 6.54 Å². The highest BCUT2D eigenvalue weighted by Gasteiger charge is 2.42. The monoisotopic (exact) mass is 511 g/mol. The molecule has 0 bridgehead atoms. The Balaban J connectivity index is 1.55. The van der Waals surface area contributed by atoms with E-state index in [9.17, 15) is 9.59 Å². The molecule has 0 spiro atoms. The van der Waals surface area contributed by atoms with E-state index in [4.69, 9.17) is 17.0 Å². The molecular weight excluding hydrogens is 486 g/mol. The molecule has 2 aromatic heterocycles. The van der Waals surface area contributed by atoms with Gasteiger partial charge in [-0.2, -0.15) is 0 Å². The van der Waals surface area contributed by atoms with Crippen LogP contribution in [0.2, 0.25) is 0 Å². The maximum absolute atomic E-state index is 13.1. The van der Waals surface area contributed by atoms with Gasteiger partial charge in [-0.05, 0) is 60.7 Å². The average Bonchev–Trinajstić information content (AvgIpc) is 3.53. The first-order chi connectivity index (χ1) is 18.1. The van der Waals surface area contributed by atoms with Crippen LogP contribution in [0, 0.1) is 0 Å². The molecule has 1 saturated heterocycles. The number of benzene rings is 2. The number of nitrogens with one attached hydrogen (secondary N) is 2. The number of para-hydroxylation sites is 2. The fourth-order valence-electron chi connectivity index (χ4n) is 4.59. The molecule has 4 aromatic rings. The number of carbonyl (C=O) groups is 2. The molecule has 9 heteroatoms. The van der Waals surface area contributed by atoms with Crippen molar-refractivity contribution in [3.05, 3.63) is 114 Å². The van der Waals surface area contributed by atoms with Crippen molar-refractivity contribution in [2.24, 2.45) is 0 Å². The number of rotatable bonds is 7. The maximum Gasteiger partial charge on any atom is 0.339 e. The van der Waals surface area contributed by atoms with Gasteiger partial charge in [-0.15, -0.1) is 0 Å². The number of hydrogen-bond acceptors (Lipinski definition) is 5. The van der Waals surface area contributed by atoms with E-state index in [1.807, 2.05) is 88.5 Å². The van der Waals surface area contributed by atoms with E-state index >= 15 is 0 Å². The molecular formula is C28H25N5O3S. The maximum atomic E-state index is 13.1. The van der Waals surface area contributed by atoms with Gasteiger partial charge in [0.2, 0.25) is 5.91 Å². The van der Waals surface area contributed by atoms with Crippen molar-refractivity contribution >= 4 is 34.9 Å². The molecule has 1 aliphatic rings. The number of ether oxygens (including phenoxy) is 1. The second-order valence-corrected chi connectivity index (χ2v) is 8.87. The fraction of sp³-hybridized carbons (Fsp3) is 0.143. The summed E-state index contributed by atoms with van der Waals surface area (Å²) in [4.78, 5) is 32.1. The first kappa shape index (κ1) is 24.2. The van der Waals surface area contributed by atoms with Crippen molar-refractivity contribution in [3.63, 3.8) is 0 Å². The molecule has 3 heterocycles. The Morgan fingerprint density at radius 2 is 1.76 bits per heavy atom. The van der Waals surface area contributed by atoms with E-state index in [1.165, 1.54) is 7.11 Å². The molecule has 37 heavy (non-hydrogen) atoms. The summed E-state index contributed by atoms with van der Waals surface area (Å²) in [7, 11) is 1.36. The molecule has 2 atom stereocenters. The number of methoxy groups -OCH3 is 1. The third-order valence-corrected chi connectivity index (χ3v) is 6.57. The van der Waals surface area contributed by atoms with Crippen LogP contribution in [0.15, 0.2) is 97.3 Å². The second-order valence-electron chi connectivity index (χ2n) is 8.48. The highest BCUT2D eigenvalue weighted by molar-refractivity contribution is 7.80. The summed E-state index contributed by atoms with van der Waals surface area (Å²) < 4.78 is 6.95. The fourth-order valence-corrected chi connectivity index (χ4v) is 4.90. The van der Waals surface area contributed by atoms with Gasteiger partial charge in [0.25, 0.3) is 0 Å². The standard InChI is InChI=1S/C28H25N5O3S/c1-36-27(35)20-12-5-6-14-22(20)32-17-9-15-23(32)26-25(21-13-7-8-16-29-21)31-28(37)33(26)18-24(34)30-19-10-3-2-4-11-19/h2-17,25-26H,18H2,1H3,(H,30,34)(H,31,37)/t25-,26-/m1/s1. The van der Waals surface area contributed by atoms with E-state index in [-0.39, 0.29) is 24.5 Å². The molecule has 1 fully saturated rings. The number of aromatic nitrogens is 2. The van der Waals surface area contributed by atoms with E-state index in [1.54, 1.807) is 18.3 Å². The van der Waals surface area contributed by atoms with E-state index in [2.05, 4.69) is 15.6 Å². The van der Waals surface area contributed by atoms with Crippen molar-refractivity contribution in [2.45, 2.75) is 12.1 Å². The molecule has 0 saturated carbocycles. The van der Waals surface area contributed by atoms with Gasteiger partial charge in [-0.1, -0.05) is 36.4 Å². The molecule has 8 nitrogen and oxygen atoms in total. The highest BCUT2D eigenvalue weighted by atomic mass is 32.1. The number of esters is 1. The number of thiocarbonyl (C=S) groups is 1. The zero-order valence-corrected chi connectivity index (χ0v) is 20.9. The van der Waals surface area contributed by atoms with Crippen molar-refractivity contribution in [2.75, 3.05) is 19.0 Å². The van der Waals surface area contributed by atoms with Crippen molar-refractivity contribution < 1.29 is 14.3 Å². The van der Waals surface area contributed by atoms with Crippen LogP contribution >= 0.6 is 12.2 Å². The van der Waals surface area contributed by atoms with Crippen molar-refractivity contribution in [1.29, 1.82) is 0 Å². The van der Waals surface area contributed by atoms with Crippen molar-refractivity contribution in [1.82, 2.24) is 19.8 Å². The number of nitrogens with zero attached hydrogens (tertiary/aromatic N) is 3. The molecule has 1 amide bonds. The van der Waals surface area contributed by atoms with Crippen LogP contribution in [-0.4, -0.2) is 45.1 Å². The number of anilines is 1. The van der Waals surface area contributed by atoms with Gasteiger partial charge in [0.15, 0.2) is 5.11 Å². The topological polar surface area (TPSA) is 88.5 Å². The zero-order valence-electron chi connectivity index (χ0n) is 20.1. The quantitative estimate of drug-likeness (QED) is 0.283. The Kier molecular flexibility index (Phi) is 6.96. The summed E-state index contributed by atoms with van der Waals surface area (Å²) in [6, 6.07) is 25.4. The highest BCUT2D eigenvalue weighted by Crippen LogP contribution is 2.39. The first-order valence-electron chi connectivity index (χ1n) is 11.7. The molecule has 186 valence electrons. The minimum Gasteiger partial charge on any atom is -0.465 e. The van der Waals surface area contributed by atoms with Gasteiger partial charge < -0.3 is 24.8 Å². The van der Waals surface area contributed by atoms with E-state index in [0.29, 0.717) is 22.1 Å². The van der Waals surface area contributed by atoms with Crippen LogP contribution < -0.4 is 10.6 Å². The third-order valence-electron chi connectivity index (χ3n) is 6.22. The van der Waals surface area contributed by atoms with Gasteiger partial charge >= 0.3 is 5.97 Å². The molecule has 2 N–H and O–H groups in total. The Bertz CT molecular complexity index is 1420. The summed E-state index contributed by atoms with van der Waals surface area (Å²) in [6.07, 6.45) is 3.61.